The lowest BCUT2D eigenvalue weighted by atomic mass is 9.67. The number of hydrogen-bond donors (Lipinski definition) is 0. The highest BCUT2D eigenvalue weighted by atomic mass is 15.1. The van der Waals surface area contributed by atoms with Crippen molar-refractivity contribution in [2.24, 2.45) is 0 Å². The van der Waals surface area contributed by atoms with Gasteiger partial charge in [0.2, 0.25) is 0 Å². The Kier molecular flexibility index (Phi) is 7.76. The molecule has 1 atom stereocenters. The van der Waals surface area contributed by atoms with Crippen molar-refractivity contribution in [3.05, 3.63) is 270 Å². The minimum absolute atomic E-state index is 0.0648. The summed E-state index contributed by atoms with van der Waals surface area (Å²) in [5, 5.41) is 1.99. The zero-order valence-corrected chi connectivity index (χ0v) is 30.8. The largest absolute Gasteiger partial charge is 0.310 e. The highest BCUT2D eigenvalue weighted by molar-refractivity contribution is 5.94. The van der Waals surface area contributed by atoms with Gasteiger partial charge in [-0.15, -0.1) is 0 Å². The summed E-state index contributed by atoms with van der Waals surface area (Å²) in [4.78, 5) is 1.85. The highest BCUT2D eigenvalue weighted by Gasteiger charge is 2.46. The molecule has 1 unspecified atom stereocenters. The van der Waals surface area contributed by atoms with E-state index in [0.717, 1.165) is 44.2 Å². The Morgan fingerprint density at radius 2 is 1.14 bits per heavy atom. The molecule has 56 heavy (non-hydrogen) atoms. The Labute approximate surface area is 337 Å². The van der Waals surface area contributed by atoms with Crippen molar-refractivity contribution in [2.45, 2.75) is 5.41 Å². The summed E-state index contributed by atoms with van der Waals surface area (Å²) in [7, 11) is 0. The first-order valence-corrected chi connectivity index (χ1v) is 18.8. The Bertz CT molecular complexity index is 3030. The van der Waals surface area contributed by atoms with Crippen molar-refractivity contribution in [3.63, 3.8) is 0 Å². The van der Waals surface area contributed by atoms with Crippen LogP contribution in [0, 0.1) is 0 Å². The van der Waals surface area contributed by atoms with E-state index in [-0.39, 0.29) is 41.5 Å². The molecule has 0 saturated heterocycles. The van der Waals surface area contributed by atoms with Crippen LogP contribution in [0.15, 0.2) is 237 Å². The number of rotatable bonds is 10. The number of anilines is 3. The molecule has 0 fully saturated rings. The average Bonchev–Trinajstić information content (AvgIpc) is 3.61. The maximum atomic E-state index is 9.84. The molecular weight excluding hydrogens is 675 g/mol. The van der Waals surface area contributed by atoms with Gasteiger partial charge in [0.15, 0.2) is 0 Å². The summed E-state index contributed by atoms with van der Waals surface area (Å²) < 4.78 is 48.5. The molecule has 1 heteroatoms. The second-order valence-electron chi connectivity index (χ2n) is 13.8. The lowest BCUT2D eigenvalue weighted by Crippen LogP contribution is -2.29. The molecule has 1 aliphatic carbocycles. The molecule has 0 aliphatic heterocycles. The van der Waals surface area contributed by atoms with E-state index >= 15 is 0 Å². The number of fused-ring (bicyclic) bond motifs is 4. The molecule has 1 nitrogen and oxygen atoms in total. The van der Waals surface area contributed by atoms with Gasteiger partial charge in [-0.3, -0.25) is 0 Å². The summed E-state index contributed by atoms with van der Waals surface area (Å²) in [6, 6.07) is 56.7. The molecule has 0 bridgehead atoms. The van der Waals surface area contributed by atoms with Crippen LogP contribution < -0.4 is 4.90 Å². The van der Waals surface area contributed by atoms with E-state index < -0.39 is 5.41 Å². The fourth-order valence-corrected chi connectivity index (χ4v) is 8.17. The summed E-state index contributed by atoms with van der Waals surface area (Å²) >= 11 is 0. The average molecular weight is 721 g/mol. The van der Waals surface area contributed by atoms with Gasteiger partial charge in [-0.05, 0) is 109 Å². The molecule has 0 radical (unpaired) electrons. The topological polar surface area (TPSA) is 3.24 Å². The fourth-order valence-electron chi connectivity index (χ4n) is 8.17. The van der Waals surface area contributed by atoms with Crippen molar-refractivity contribution in [1.29, 1.82) is 0 Å². The molecule has 0 amide bonds. The van der Waals surface area contributed by atoms with Crippen LogP contribution in [0.3, 0.4) is 0 Å². The normalized spacial score (nSPS) is 16.3. The standard InChI is InChI=1S/C55H41N/c1-3-18-45(4-2)55(46-25-12-7-13-26-46)53-28-17-16-27-50(53)51-36-35-49(39-54(51)55)56(48-34-29-41-21-14-15-24-44(41)38-48)47-32-30-43(31-33-47)52(42-22-10-6-11-23-42)37-40-19-8-5-9-20-40/h3-39H,1-2H2/b45-18+,52-37+/i30D,31D,32D,33D,37D. The van der Waals surface area contributed by atoms with Crippen LogP contribution in [0.4, 0.5) is 17.1 Å². The molecule has 0 N–H and O–H groups in total. The molecular formula is C55H41N. The van der Waals surface area contributed by atoms with Gasteiger partial charge >= 0.3 is 0 Å². The van der Waals surface area contributed by atoms with E-state index in [4.69, 9.17) is 0 Å². The van der Waals surface area contributed by atoms with Crippen molar-refractivity contribution in [3.8, 4) is 11.1 Å². The second kappa shape index (κ2) is 14.9. The van der Waals surface area contributed by atoms with Gasteiger partial charge in [0.05, 0.1) is 12.3 Å². The van der Waals surface area contributed by atoms with Gasteiger partial charge in [-0.1, -0.05) is 195 Å². The predicted molar refractivity (Wildman–Crippen MR) is 239 cm³/mol. The van der Waals surface area contributed by atoms with Crippen molar-refractivity contribution < 1.29 is 6.85 Å². The van der Waals surface area contributed by atoms with Crippen molar-refractivity contribution in [2.75, 3.05) is 4.90 Å². The van der Waals surface area contributed by atoms with Crippen LogP contribution in [-0.2, 0) is 5.41 Å². The quantitative estimate of drug-likeness (QED) is 0.100. The summed E-state index contributed by atoms with van der Waals surface area (Å²) in [6.45, 7) is 8.39. The third-order valence-corrected chi connectivity index (χ3v) is 10.6. The number of benzene rings is 8. The van der Waals surface area contributed by atoms with E-state index in [1.54, 1.807) is 6.08 Å². The third-order valence-electron chi connectivity index (χ3n) is 10.6. The first kappa shape index (κ1) is 29.2. The molecule has 266 valence electrons. The van der Waals surface area contributed by atoms with Crippen LogP contribution in [0.25, 0.3) is 33.5 Å². The van der Waals surface area contributed by atoms with Gasteiger partial charge in [0, 0.05) is 17.1 Å². The Morgan fingerprint density at radius 3 is 1.88 bits per heavy atom. The second-order valence-corrected chi connectivity index (χ2v) is 13.8. The molecule has 0 saturated carbocycles. The highest BCUT2D eigenvalue weighted by Crippen LogP contribution is 2.57. The first-order chi connectivity index (χ1) is 29.8. The SMILES string of the molecule is [2H]/C(=C(/c1ccccc1)c1c([2H])c([2H])c(N(c2ccc3c(c2)C(/C(C=C)=C/C=C)(c2ccccc2)c2ccccc2-3)c2ccc3ccccc3c2)c([2H])c1[2H])c1ccccc1. The van der Waals surface area contributed by atoms with Crippen LogP contribution in [-0.4, -0.2) is 0 Å². The molecule has 9 rings (SSSR count). The molecule has 8 aromatic rings. The fraction of sp³-hybridized carbons (Fsp3) is 0.0182. The minimum Gasteiger partial charge on any atom is -0.310 e. The monoisotopic (exact) mass is 720 g/mol. The molecule has 8 aromatic carbocycles. The summed E-state index contributed by atoms with van der Waals surface area (Å²) in [5.74, 6) is 0. The zero-order chi connectivity index (χ0) is 42.3. The van der Waals surface area contributed by atoms with Gasteiger partial charge in [0.1, 0.15) is 0 Å². The number of allylic oxidation sites excluding steroid dienone is 4. The number of nitrogens with zero attached hydrogens (tertiary/aromatic N) is 1. The van der Waals surface area contributed by atoms with Crippen molar-refractivity contribution >= 4 is 39.5 Å². The van der Waals surface area contributed by atoms with Crippen LogP contribution >= 0.6 is 0 Å². The van der Waals surface area contributed by atoms with Crippen molar-refractivity contribution in [1.82, 2.24) is 0 Å². The van der Waals surface area contributed by atoms with Gasteiger partial charge in [0.25, 0.3) is 0 Å². The van der Waals surface area contributed by atoms with Gasteiger partial charge in [-0.2, -0.15) is 0 Å². The smallest absolute Gasteiger partial charge is 0.0714 e. The molecule has 0 spiro atoms. The Balaban J connectivity index is 1.35. The van der Waals surface area contributed by atoms with Crippen LogP contribution in [0.1, 0.15) is 40.2 Å². The van der Waals surface area contributed by atoms with E-state index in [1.807, 2.05) is 151 Å². The summed E-state index contributed by atoms with van der Waals surface area (Å²) in [5.41, 5.74) is 8.41. The maximum absolute atomic E-state index is 9.84. The molecule has 0 heterocycles. The first-order valence-electron chi connectivity index (χ1n) is 21.3. The third kappa shape index (κ3) is 6.00. The molecule has 1 aliphatic rings. The van der Waals surface area contributed by atoms with E-state index in [0.29, 0.717) is 28.1 Å². The van der Waals surface area contributed by atoms with Gasteiger partial charge < -0.3 is 4.90 Å². The molecule has 0 aromatic heterocycles. The van der Waals surface area contributed by atoms with Crippen LogP contribution in [0.2, 0.25) is 0 Å². The predicted octanol–water partition coefficient (Wildman–Crippen LogP) is 14.5. The van der Waals surface area contributed by atoms with Crippen LogP contribution in [0.5, 0.6) is 0 Å². The van der Waals surface area contributed by atoms with E-state index in [2.05, 4.69) is 55.6 Å². The minimum atomic E-state index is -0.801. The zero-order valence-electron chi connectivity index (χ0n) is 35.8. The van der Waals surface area contributed by atoms with Gasteiger partial charge in [-0.25, -0.2) is 0 Å². The van der Waals surface area contributed by atoms with E-state index in [1.165, 1.54) is 0 Å². The Hall–Kier alpha value is -7.22. The lowest BCUT2D eigenvalue weighted by Gasteiger charge is -2.35. The lowest BCUT2D eigenvalue weighted by molar-refractivity contribution is 0.767. The maximum Gasteiger partial charge on any atom is 0.0714 e. The Morgan fingerprint density at radius 1 is 0.536 bits per heavy atom. The van der Waals surface area contributed by atoms with E-state index in [9.17, 15) is 6.85 Å². The summed E-state index contributed by atoms with van der Waals surface area (Å²) in [6.07, 6.45) is 5.69. The number of hydrogen-bond acceptors (Lipinski definition) is 1.